The van der Waals surface area contributed by atoms with E-state index in [0.29, 0.717) is 56.3 Å². The standard InChI is InChI=1S/C38H34ClNO11/c1-44-30-12-21(13-31(45-2)37(30)46-3)34-25-15-28-29(50-19-49-28)16-26(25)36(27-17-48-38(43)35(27)34)51-33(42)11-20-6-4-8-23(10-20)40-32(41)18-47-24-9-5-7-22(39)14-24/h4-10,12-16,27,34-36H,11,17-19H2,1-3H3,(H,40,41)/t27-,34+,35-,36-/m0/s1. The van der Waals surface area contributed by atoms with Gasteiger partial charge in [0.2, 0.25) is 12.5 Å². The van der Waals surface area contributed by atoms with Crippen LogP contribution in [0.3, 0.4) is 0 Å². The van der Waals surface area contributed by atoms with E-state index in [2.05, 4.69) is 5.32 Å². The molecule has 4 atom stereocenters. The van der Waals surface area contributed by atoms with E-state index < -0.39 is 35.8 Å². The van der Waals surface area contributed by atoms with Gasteiger partial charge in [-0.25, -0.2) is 0 Å². The Morgan fingerprint density at radius 1 is 0.863 bits per heavy atom. The van der Waals surface area contributed by atoms with Crippen LogP contribution in [-0.2, 0) is 30.3 Å². The molecule has 4 aromatic carbocycles. The molecule has 1 aliphatic carbocycles. The zero-order chi connectivity index (χ0) is 35.6. The molecular formula is C38H34ClNO11. The maximum absolute atomic E-state index is 13.6. The lowest BCUT2D eigenvalue weighted by Crippen LogP contribution is -2.36. The maximum atomic E-state index is 13.6. The predicted molar refractivity (Wildman–Crippen MR) is 183 cm³/mol. The van der Waals surface area contributed by atoms with Crippen molar-refractivity contribution in [2.75, 3.05) is 46.7 Å². The fraction of sp³-hybridized carbons (Fsp3) is 0.289. The second-order valence-electron chi connectivity index (χ2n) is 12.2. The minimum Gasteiger partial charge on any atom is -0.493 e. The highest BCUT2D eigenvalue weighted by Crippen LogP contribution is 2.56. The van der Waals surface area contributed by atoms with E-state index in [9.17, 15) is 14.4 Å². The van der Waals surface area contributed by atoms with Crippen LogP contribution in [0.5, 0.6) is 34.5 Å². The lowest BCUT2D eigenvalue weighted by molar-refractivity contribution is -0.153. The summed E-state index contributed by atoms with van der Waals surface area (Å²) >= 11 is 5.99. The lowest BCUT2D eigenvalue weighted by Gasteiger charge is -2.38. The lowest BCUT2D eigenvalue weighted by atomic mass is 9.66. The number of cyclic esters (lactones) is 1. The minimum atomic E-state index is -0.830. The van der Waals surface area contributed by atoms with E-state index in [1.54, 1.807) is 54.6 Å². The molecule has 1 N–H and O–H groups in total. The van der Waals surface area contributed by atoms with Crippen molar-refractivity contribution in [1.82, 2.24) is 0 Å². The van der Waals surface area contributed by atoms with E-state index in [4.69, 9.17) is 49.5 Å². The van der Waals surface area contributed by atoms with Crippen LogP contribution in [0.2, 0.25) is 5.02 Å². The number of fused-ring (bicyclic) bond motifs is 3. The third-order valence-electron chi connectivity index (χ3n) is 9.15. The van der Waals surface area contributed by atoms with Crippen molar-refractivity contribution in [3.63, 3.8) is 0 Å². The first kappa shape index (κ1) is 33.9. The summed E-state index contributed by atoms with van der Waals surface area (Å²) in [6.07, 6.45) is -0.926. The number of amides is 1. The number of benzene rings is 4. The van der Waals surface area contributed by atoms with Gasteiger partial charge in [-0.1, -0.05) is 29.8 Å². The molecule has 12 nitrogen and oxygen atoms in total. The maximum Gasteiger partial charge on any atom is 0.310 e. The summed E-state index contributed by atoms with van der Waals surface area (Å²) in [5.41, 5.74) is 3.21. The highest BCUT2D eigenvalue weighted by molar-refractivity contribution is 6.30. The average molecular weight is 716 g/mol. The van der Waals surface area contributed by atoms with Gasteiger partial charge in [0.25, 0.3) is 5.91 Å². The van der Waals surface area contributed by atoms with Gasteiger partial charge in [0.05, 0.1) is 40.3 Å². The molecule has 7 rings (SSSR count). The summed E-state index contributed by atoms with van der Waals surface area (Å²) < 4.78 is 45.6. The summed E-state index contributed by atoms with van der Waals surface area (Å²) in [5, 5.41) is 3.28. The molecule has 0 unspecified atom stereocenters. The number of nitrogens with one attached hydrogen (secondary N) is 1. The second kappa shape index (κ2) is 14.3. The highest BCUT2D eigenvalue weighted by Gasteiger charge is 2.54. The largest absolute Gasteiger partial charge is 0.493 e. The molecule has 0 bridgehead atoms. The van der Waals surface area contributed by atoms with Crippen molar-refractivity contribution in [3.05, 3.63) is 100 Å². The smallest absolute Gasteiger partial charge is 0.310 e. The molecule has 3 aliphatic rings. The number of ether oxygens (including phenoxy) is 8. The molecule has 13 heteroatoms. The molecule has 0 radical (unpaired) electrons. The molecule has 2 heterocycles. The van der Waals surface area contributed by atoms with E-state index >= 15 is 0 Å². The molecule has 4 aromatic rings. The van der Waals surface area contributed by atoms with Gasteiger partial charge in [-0.3, -0.25) is 14.4 Å². The number of halogens is 1. The van der Waals surface area contributed by atoms with Gasteiger partial charge < -0.3 is 43.2 Å². The van der Waals surface area contributed by atoms with Gasteiger partial charge in [-0.15, -0.1) is 0 Å². The van der Waals surface area contributed by atoms with Crippen LogP contribution < -0.4 is 33.7 Å². The Morgan fingerprint density at radius 2 is 1.59 bits per heavy atom. The number of carbonyl (C=O) groups is 3. The van der Waals surface area contributed by atoms with Crippen molar-refractivity contribution in [2.45, 2.75) is 18.4 Å². The predicted octanol–water partition coefficient (Wildman–Crippen LogP) is 5.87. The molecule has 2 aliphatic heterocycles. The first-order valence-electron chi connectivity index (χ1n) is 16.1. The average Bonchev–Trinajstić information content (AvgIpc) is 3.75. The molecule has 0 spiro atoms. The van der Waals surface area contributed by atoms with E-state index in [1.165, 1.54) is 21.3 Å². The van der Waals surface area contributed by atoms with Crippen LogP contribution in [0.4, 0.5) is 5.69 Å². The van der Waals surface area contributed by atoms with Crippen LogP contribution in [0, 0.1) is 11.8 Å². The van der Waals surface area contributed by atoms with Gasteiger partial charge in [-0.2, -0.15) is 0 Å². The Kier molecular flexibility index (Phi) is 9.50. The van der Waals surface area contributed by atoms with E-state index in [1.807, 2.05) is 18.2 Å². The van der Waals surface area contributed by atoms with Gasteiger partial charge in [0.15, 0.2) is 29.6 Å². The van der Waals surface area contributed by atoms with E-state index in [0.717, 1.165) is 11.1 Å². The quantitative estimate of drug-likeness (QED) is 0.187. The third kappa shape index (κ3) is 6.79. The van der Waals surface area contributed by atoms with Crippen LogP contribution >= 0.6 is 11.6 Å². The monoisotopic (exact) mass is 715 g/mol. The SMILES string of the molecule is COc1cc([C@@H]2c3cc4c(cc3[C@H](OC(=O)Cc3cccc(NC(=O)COc5cccc(Cl)c5)c3)[C@H]3COC(=O)[C@H]23)OCO4)cc(OC)c1OC. The Hall–Kier alpha value is -5.62. The second-order valence-corrected chi connectivity index (χ2v) is 12.6. The van der Waals surface area contributed by atoms with Crippen LogP contribution in [0.15, 0.2) is 72.8 Å². The van der Waals surface area contributed by atoms with Crippen molar-refractivity contribution < 1.29 is 52.3 Å². The third-order valence-corrected chi connectivity index (χ3v) is 9.38. The Balaban J connectivity index is 1.14. The van der Waals surface area contributed by atoms with Gasteiger partial charge in [0.1, 0.15) is 11.9 Å². The Labute approximate surface area is 298 Å². The number of anilines is 1. The Morgan fingerprint density at radius 3 is 2.29 bits per heavy atom. The molecule has 264 valence electrons. The summed E-state index contributed by atoms with van der Waals surface area (Å²) in [4.78, 5) is 39.7. The minimum absolute atomic E-state index is 0.0338. The first-order chi connectivity index (χ1) is 24.8. The summed E-state index contributed by atoms with van der Waals surface area (Å²) in [7, 11) is 4.57. The molecule has 1 saturated heterocycles. The van der Waals surface area contributed by atoms with Crippen LogP contribution in [0.25, 0.3) is 0 Å². The van der Waals surface area contributed by atoms with Crippen molar-refractivity contribution in [1.29, 1.82) is 0 Å². The zero-order valence-corrected chi connectivity index (χ0v) is 28.7. The molecule has 1 fully saturated rings. The zero-order valence-electron chi connectivity index (χ0n) is 27.9. The highest BCUT2D eigenvalue weighted by atomic mass is 35.5. The fourth-order valence-electron chi connectivity index (χ4n) is 6.96. The van der Waals surface area contributed by atoms with Crippen LogP contribution in [-0.4, -0.2) is 59.2 Å². The molecule has 0 aromatic heterocycles. The fourth-order valence-corrected chi connectivity index (χ4v) is 7.14. The normalized spacial score (nSPS) is 19.6. The van der Waals surface area contributed by atoms with Crippen molar-refractivity contribution in [3.8, 4) is 34.5 Å². The van der Waals surface area contributed by atoms with Crippen LogP contribution in [0.1, 0.15) is 34.3 Å². The van der Waals surface area contributed by atoms with E-state index in [-0.39, 0.29) is 32.3 Å². The number of hydrogen-bond donors (Lipinski definition) is 1. The van der Waals surface area contributed by atoms with Crippen molar-refractivity contribution >= 4 is 35.1 Å². The van der Waals surface area contributed by atoms with Gasteiger partial charge in [0, 0.05) is 28.1 Å². The van der Waals surface area contributed by atoms with Gasteiger partial charge >= 0.3 is 11.9 Å². The topological polar surface area (TPSA) is 137 Å². The number of hydrogen-bond acceptors (Lipinski definition) is 11. The number of carbonyl (C=O) groups excluding carboxylic acids is 3. The first-order valence-corrected chi connectivity index (χ1v) is 16.5. The Bertz CT molecular complexity index is 1970. The summed E-state index contributed by atoms with van der Waals surface area (Å²) in [6, 6.07) is 20.9. The molecule has 1 amide bonds. The number of rotatable bonds is 11. The summed E-state index contributed by atoms with van der Waals surface area (Å²) in [6.45, 7) is -0.145. The molecule has 51 heavy (non-hydrogen) atoms. The number of methoxy groups -OCH3 is 3. The molecule has 0 saturated carbocycles. The van der Waals surface area contributed by atoms with Crippen molar-refractivity contribution in [2.24, 2.45) is 11.8 Å². The number of esters is 2. The van der Waals surface area contributed by atoms with Gasteiger partial charge in [-0.05, 0) is 71.3 Å². The summed E-state index contributed by atoms with van der Waals surface area (Å²) in [5.74, 6) is -0.308. The molecular weight excluding hydrogens is 682 g/mol.